The standard InChI is InChI=1S/C15H25N5O/c1-18-4-3-5-20(7-6-18)15(21)14-10-16-9-13(14)12-8-17-19(2)11-12/h8,11,13-14,16H,3-7,9-10H2,1-2H3/t13-,14+/m1/s1. The Balaban J connectivity index is 1.71. The summed E-state index contributed by atoms with van der Waals surface area (Å²) in [6.45, 7) is 5.45. The molecule has 6 nitrogen and oxygen atoms in total. The van der Waals surface area contributed by atoms with Gasteiger partial charge in [0.05, 0.1) is 12.1 Å². The molecule has 6 heteroatoms. The maximum absolute atomic E-state index is 12.9. The molecule has 0 aliphatic carbocycles. The molecule has 1 aromatic rings. The van der Waals surface area contributed by atoms with Crippen molar-refractivity contribution in [2.45, 2.75) is 12.3 Å². The summed E-state index contributed by atoms with van der Waals surface area (Å²) in [6.07, 6.45) is 5.00. The van der Waals surface area contributed by atoms with Gasteiger partial charge in [0.15, 0.2) is 0 Å². The lowest BCUT2D eigenvalue weighted by Gasteiger charge is -2.26. The van der Waals surface area contributed by atoms with E-state index in [1.54, 1.807) is 0 Å². The van der Waals surface area contributed by atoms with Crippen molar-refractivity contribution in [3.8, 4) is 0 Å². The minimum atomic E-state index is 0.0533. The SMILES string of the molecule is CN1CCCN(C(=O)[C@H]2CNC[C@@H]2c2cnn(C)c2)CC1. The molecular weight excluding hydrogens is 266 g/mol. The van der Waals surface area contributed by atoms with E-state index >= 15 is 0 Å². The third kappa shape index (κ3) is 3.11. The van der Waals surface area contributed by atoms with Crippen LogP contribution in [0.15, 0.2) is 12.4 Å². The Labute approximate surface area is 126 Å². The van der Waals surface area contributed by atoms with Crippen molar-refractivity contribution in [1.82, 2.24) is 24.9 Å². The van der Waals surface area contributed by atoms with E-state index in [4.69, 9.17) is 0 Å². The van der Waals surface area contributed by atoms with Crippen molar-refractivity contribution in [2.24, 2.45) is 13.0 Å². The first-order valence-electron chi connectivity index (χ1n) is 7.82. The third-order valence-electron chi connectivity index (χ3n) is 4.72. The number of rotatable bonds is 2. The molecule has 0 spiro atoms. The van der Waals surface area contributed by atoms with E-state index in [-0.39, 0.29) is 11.8 Å². The first-order valence-corrected chi connectivity index (χ1v) is 7.82. The minimum absolute atomic E-state index is 0.0533. The molecule has 116 valence electrons. The Bertz CT molecular complexity index is 500. The molecule has 0 radical (unpaired) electrons. The lowest BCUT2D eigenvalue weighted by atomic mass is 9.89. The lowest BCUT2D eigenvalue weighted by Crippen LogP contribution is -2.40. The molecule has 3 rings (SSSR count). The molecule has 2 fully saturated rings. The van der Waals surface area contributed by atoms with Crippen LogP contribution in [0.25, 0.3) is 0 Å². The summed E-state index contributed by atoms with van der Waals surface area (Å²) in [5.41, 5.74) is 1.17. The van der Waals surface area contributed by atoms with E-state index in [9.17, 15) is 4.79 Å². The van der Waals surface area contributed by atoms with E-state index < -0.39 is 0 Å². The zero-order chi connectivity index (χ0) is 14.8. The Morgan fingerprint density at radius 1 is 1.24 bits per heavy atom. The van der Waals surface area contributed by atoms with Crippen molar-refractivity contribution in [2.75, 3.05) is 46.3 Å². The highest BCUT2D eigenvalue weighted by Gasteiger charge is 2.37. The van der Waals surface area contributed by atoms with E-state index in [0.29, 0.717) is 5.91 Å². The Morgan fingerprint density at radius 3 is 2.86 bits per heavy atom. The smallest absolute Gasteiger partial charge is 0.227 e. The fourth-order valence-electron chi connectivity index (χ4n) is 3.42. The Morgan fingerprint density at radius 2 is 2.10 bits per heavy atom. The highest BCUT2D eigenvalue weighted by molar-refractivity contribution is 5.80. The van der Waals surface area contributed by atoms with Crippen LogP contribution in [0, 0.1) is 5.92 Å². The van der Waals surface area contributed by atoms with Gasteiger partial charge >= 0.3 is 0 Å². The molecule has 21 heavy (non-hydrogen) atoms. The van der Waals surface area contributed by atoms with Crippen LogP contribution in [0.5, 0.6) is 0 Å². The molecule has 2 aliphatic rings. The van der Waals surface area contributed by atoms with Gasteiger partial charge in [-0.2, -0.15) is 5.10 Å². The van der Waals surface area contributed by atoms with Crippen LogP contribution >= 0.6 is 0 Å². The van der Waals surface area contributed by atoms with E-state index in [1.807, 2.05) is 24.1 Å². The van der Waals surface area contributed by atoms with E-state index in [2.05, 4.69) is 27.3 Å². The normalized spacial score (nSPS) is 27.8. The van der Waals surface area contributed by atoms with Gasteiger partial charge in [-0.15, -0.1) is 0 Å². The van der Waals surface area contributed by atoms with E-state index in [1.165, 1.54) is 5.56 Å². The van der Waals surface area contributed by atoms with Gasteiger partial charge in [0, 0.05) is 51.9 Å². The number of carbonyl (C=O) groups is 1. The summed E-state index contributed by atoms with van der Waals surface area (Å²) in [6, 6.07) is 0. The van der Waals surface area contributed by atoms with Crippen LogP contribution in [0.4, 0.5) is 0 Å². The molecule has 1 amide bonds. The lowest BCUT2D eigenvalue weighted by molar-refractivity contribution is -0.135. The van der Waals surface area contributed by atoms with Crippen molar-refractivity contribution >= 4 is 5.91 Å². The Hall–Kier alpha value is -1.40. The topological polar surface area (TPSA) is 53.4 Å². The first-order chi connectivity index (χ1) is 10.1. The highest BCUT2D eigenvalue weighted by atomic mass is 16.2. The molecule has 3 heterocycles. The zero-order valence-electron chi connectivity index (χ0n) is 13.0. The third-order valence-corrected chi connectivity index (χ3v) is 4.72. The summed E-state index contributed by atoms with van der Waals surface area (Å²) >= 11 is 0. The fourth-order valence-corrected chi connectivity index (χ4v) is 3.42. The molecule has 0 unspecified atom stereocenters. The molecule has 1 N–H and O–H groups in total. The second-order valence-electron chi connectivity index (χ2n) is 6.30. The monoisotopic (exact) mass is 291 g/mol. The minimum Gasteiger partial charge on any atom is -0.341 e. The largest absolute Gasteiger partial charge is 0.341 e. The molecule has 0 bridgehead atoms. The van der Waals surface area contributed by atoms with Crippen LogP contribution < -0.4 is 5.32 Å². The molecule has 2 atom stereocenters. The number of hydrogen-bond acceptors (Lipinski definition) is 4. The van der Waals surface area contributed by atoms with Crippen LogP contribution in [-0.2, 0) is 11.8 Å². The van der Waals surface area contributed by atoms with Crippen LogP contribution in [0.1, 0.15) is 17.9 Å². The van der Waals surface area contributed by atoms with Crippen molar-refractivity contribution in [3.05, 3.63) is 18.0 Å². The second kappa shape index (κ2) is 6.15. The highest BCUT2D eigenvalue weighted by Crippen LogP contribution is 2.29. The quantitative estimate of drug-likeness (QED) is 0.826. The number of amides is 1. The first kappa shape index (κ1) is 14.5. The number of aromatic nitrogens is 2. The maximum Gasteiger partial charge on any atom is 0.227 e. The van der Waals surface area contributed by atoms with Gasteiger partial charge in [-0.3, -0.25) is 9.48 Å². The Kier molecular flexibility index (Phi) is 4.26. The summed E-state index contributed by atoms with van der Waals surface area (Å²) < 4.78 is 1.82. The van der Waals surface area contributed by atoms with Gasteiger partial charge < -0.3 is 15.1 Å². The van der Waals surface area contributed by atoms with Gasteiger partial charge in [-0.1, -0.05) is 0 Å². The second-order valence-corrected chi connectivity index (χ2v) is 6.30. The number of hydrogen-bond donors (Lipinski definition) is 1. The average molecular weight is 291 g/mol. The number of aryl methyl sites for hydroxylation is 1. The van der Waals surface area contributed by atoms with Gasteiger partial charge in [-0.05, 0) is 25.6 Å². The van der Waals surface area contributed by atoms with Crippen LogP contribution in [0.3, 0.4) is 0 Å². The molecule has 0 saturated carbocycles. The number of nitrogens with zero attached hydrogens (tertiary/aromatic N) is 4. The predicted molar refractivity (Wildman–Crippen MR) is 81.0 cm³/mol. The molecule has 2 aliphatic heterocycles. The zero-order valence-corrected chi connectivity index (χ0v) is 13.0. The van der Waals surface area contributed by atoms with Crippen LogP contribution in [0.2, 0.25) is 0 Å². The summed E-state index contributed by atoms with van der Waals surface area (Å²) in [4.78, 5) is 17.3. The van der Waals surface area contributed by atoms with E-state index in [0.717, 1.165) is 45.7 Å². The number of carbonyl (C=O) groups excluding carboxylic acids is 1. The molecular formula is C15H25N5O. The van der Waals surface area contributed by atoms with Crippen molar-refractivity contribution in [3.63, 3.8) is 0 Å². The van der Waals surface area contributed by atoms with Crippen molar-refractivity contribution in [1.29, 1.82) is 0 Å². The van der Waals surface area contributed by atoms with Gasteiger partial charge in [-0.25, -0.2) is 0 Å². The average Bonchev–Trinajstić information content (AvgIpc) is 3.05. The van der Waals surface area contributed by atoms with Crippen molar-refractivity contribution < 1.29 is 4.79 Å². The molecule has 2 saturated heterocycles. The molecule has 0 aromatic carbocycles. The molecule has 1 aromatic heterocycles. The van der Waals surface area contributed by atoms with Crippen LogP contribution in [-0.4, -0.2) is 71.8 Å². The van der Waals surface area contributed by atoms with Gasteiger partial charge in [0.25, 0.3) is 0 Å². The summed E-state index contributed by atoms with van der Waals surface area (Å²) in [7, 11) is 4.05. The summed E-state index contributed by atoms with van der Waals surface area (Å²) in [5, 5.41) is 7.63. The predicted octanol–water partition coefficient (Wildman–Crippen LogP) is -0.113. The van der Waals surface area contributed by atoms with Gasteiger partial charge in [0.1, 0.15) is 0 Å². The van der Waals surface area contributed by atoms with Gasteiger partial charge in [0.2, 0.25) is 5.91 Å². The number of nitrogens with one attached hydrogen (secondary N) is 1. The maximum atomic E-state index is 12.9. The summed E-state index contributed by atoms with van der Waals surface area (Å²) in [5.74, 6) is 0.619. The fraction of sp³-hybridized carbons (Fsp3) is 0.733. The number of likely N-dealkylation sites (N-methyl/N-ethyl adjacent to an activating group) is 1.